The van der Waals surface area contributed by atoms with E-state index in [2.05, 4.69) is 19.9 Å². The Morgan fingerprint density at radius 3 is 1.40 bits per heavy atom. The Bertz CT molecular complexity index is 909. The van der Waals surface area contributed by atoms with Crippen LogP contribution in [-0.2, 0) is 0 Å². The first-order valence-electron chi connectivity index (χ1n) is 5.42. The summed E-state index contributed by atoms with van der Waals surface area (Å²) in [5, 5.41) is 0. The molecule has 0 spiro atoms. The molecular formula is C12H4N4O4. The number of aromatic nitrogens is 4. The SMILES string of the molecule is O=c1nc2ccnc-2c1=O.O=c1nc2ccnc-2c1=O. The van der Waals surface area contributed by atoms with Gasteiger partial charge >= 0.3 is 11.1 Å². The van der Waals surface area contributed by atoms with Crippen molar-refractivity contribution in [2.24, 2.45) is 0 Å². The van der Waals surface area contributed by atoms with Crippen LogP contribution in [0.4, 0.5) is 0 Å². The van der Waals surface area contributed by atoms with E-state index in [1.165, 1.54) is 24.5 Å². The van der Waals surface area contributed by atoms with Crippen LogP contribution < -0.4 is 22.0 Å². The molecule has 0 aromatic carbocycles. The molecule has 4 heterocycles. The largest absolute Gasteiger partial charge is 0.320 e. The number of hydrogen-bond acceptors (Lipinski definition) is 8. The normalized spacial score (nSPS) is 10.8. The van der Waals surface area contributed by atoms with Gasteiger partial charge in [-0.1, -0.05) is 0 Å². The fraction of sp³-hybridized carbons (Fsp3) is 0. The Kier molecular flexibility index (Phi) is 2.50. The summed E-state index contributed by atoms with van der Waals surface area (Å²) >= 11 is 0. The molecule has 0 aromatic heterocycles. The van der Waals surface area contributed by atoms with Crippen LogP contribution in [0.5, 0.6) is 0 Å². The van der Waals surface area contributed by atoms with E-state index in [-0.39, 0.29) is 11.4 Å². The van der Waals surface area contributed by atoms with Crippen LogP contribution in [-0.4, -0.2) is 19.9 Å². The molecule has 0 bridgehead atoms. The second-order valence-electron chi connectivity index (χ2n) is 3.85. The summed E-state index contributed by atoms with van der Waals surface area (Å²) in [5.74, 6) is 0. The van der Waals surface area contributed by atoms with Gasteiger partial charge in [0.05, 0.1) is 11.4 Å². The van der Waals surface area contributed by atoms with Crippen molar-refractivity contribution in [2.45, 2.75) is 0 Å². The average Bonchev–Trinajstić information content (AvgIpc) is 3.13. The molecule has 4 aliphatic heterocycles. The lowest BCUT2D eigenvalue weighted by molar-refractivity contribution is 1.30. The third-order valence-corrected chi connectivity index (χ3v) is 2.62. The Labute approximate surface area is 109 Å². The van der Waals surface area contributed by atoms with Crippen molar-refractivity contribution in [3.63, 3.8) is 0 Å². The summed E-state index contributed by atoms with van der Waals surface area (Å²) in [6.07, 6.45) is 2.91. The van der Waals surface area contributed by atoms with Crippen LogP contribution in [0.2, 0.25) is 0 Å². The van der Waals surface area contributed by atoms with Gasteiger partial charge in [0.25, 0.3) is 10.9 Å². The molecule has 0 saturated carbocycles. The van der Waals surface area contributed by atoms with E-state index >= 15 is 0 Å². The van der Waals surface area contributed by atoms with Gasteiger partial charge < -0.3 is 0 Å². The molecule has 4 aliphatic rings. The molecule has 8 heteroatoms. The minimum absolute atomic E-state index is 0.185. The lowest BCUT2D eigenvalue weighted by Gasteiger charge is -1.72. The van der Waals surface area contributed by atoms with E-state index in [0.29, 0.717) is 11.4 Å². The molecule has 0 saturated heterocycles. The molecule has 0 fully saturated rings. The predicted molar refractivity (Wildman–Crippen MR) is 67.1 cm³/mol. The third-order valence-electron chi connectivity index (χ3n) is 2.62. The van der Waals surface area contributed by atoms with Crippen molar-refractivity contribution in [1.29, 1.82) is 0 Å². The van der Waals surface area contributed by atoms with Gasteiger partial charge in [-0.25, -0.2) is 9.97 Å². The highest BCUT2D eigenvalue weighted by Crippen LogP contribution is 2.08. The standard InChI is InChI=1S/2C6H2N2O2/c2*9-5-4-3(1-2-7-4)8-6(5)10/h2*1-2H. The smallest absolute Gasteiger partial charge is 0.281 e. The molecule has 0 amide bonds. The van der Waals surface area contributed by atoms with Crippen LogP contribution >= 0.6 is 0 Å². The van der Waals surface area contributed by atoms with Crippen LogP contribution in [0.3, 0.4) is 0 Å². The molecule has 0 radical (unpaired) electrons. The van der Waals surface area contributed by atoms with Crippen molar-refractivity contribution in [1.82, 2.24) is 19.9 Å². The molecule has 0 aromatic rings. The van der Waals surface area contributed by atoms with E-state index in [9.17, 15) is 19.2 Å². The van der Waals surface area contributed by atoms with Crippen molar-refractivity contribution in [3.05, 3.63) is 65.7 Å². The van der Waals surface area contributed by atoms with E-state index < -0.39 is 22.0 Å². The van der Waals surface area contributed by atoms with Gasteiger partial charge in [-0.15, -0.1) is 0 Å². The Morgan fingerprint density at radius 1 is 0.650 bits per heavy atom. The van der Waals surface area contributed by atoms with Crippen molar-refractivity contribution in [2.75, 3.05) is 0 Å². The van der Waals surface area contributed by atoms with E-state index in [1.54, 1.807) is 0 Å². The molecule has 0 unspecified atom stereocenters. The average molecular weight is 268 g/mol. The van der Waals surface area contributed by atoms with Crippen molar-refractivity contribution < 1.29 is 0 Å². The Hall–Kier alpha value is -3.16. The fourth-order valence-electron chi connectivity index (χ4n) is 1.71. The maximum atomic E-state index is 10.8. The first-order valence-corrected chi connectivity index (χ1v) is 5.42. The summed E-state index contributed by atoms with van der Waals surface area (Å²) < 4.78 is 0. The van der Waals surface area contributed by atoms with Gasteiger partial charge in [0.2, 0.25) is 0 Å². The van der Waals surface area contributed by atoms with E-state index in [0.717, 1.165) is 0 Å². The predicted octanol–water partition coefficient (Wildman–Crippen LogP) is -1.65. The second kappa shape index (κ2) is 4.19. The summed E-state index contributed by atoms with van der Waals surface area (Å²) in [6.45, 7) is 0. The molecule has 4 rings (SSSR count). The van der Waals surface area contributed by atoms with Crippen LogP contribution in [0, 0.1) is 0 Å². The molecule has 96 valence electrons. The zero-order chi connectivity index (χ0) is 14.3. The van der Waals surface area contributed by atoms with Crippen molar-refractivity contribution in [3.8, 4) is 22.8 Å². The van der Waals surface area contributed by atoms with Gasteiger partial charge in [0, 0.05) is 12.4 Å². The topological polar surface area (TPSA) is 120 Å². The van der Waals surface area contributed by atoms with Gasteiger partial charge in [-0.3, -0.25) is 29.1 Å². The number of hydrogen-bond donors (Lipinski definition) is 0. The quantitative estimate of drug-likeness (QED) is 0.348. The molecule has 0 N–H and O–H groups in total. The highest BCUT2D eigenvalue weighted by atomic mass is 16.2. The fourth-order valence-corrected chi connectivity index (χ4v) is 1.71. The number of fused-ring (bicyclic) bond motifs is 2. The number of nitrogens with zero attached hydrogens (tertiary/aromatic N) is 4. The van der Waals surface area contributed by atoms with Crippen LogP contribution in [0.25, 0.3) is 22.8 Å². The Balaban J connectivity index is 0.000000121. The van der Waals surface area contributed by atoms with Gasteiger partial charge in [-0.2, -0.15) is 0 Å². The maximum Gasteiger partial charge on any atom is 0.320 e. The minimum Gasteiger partial charge on any atom is -0.281 e. The summed E-state index contributed by atoms with van der Waals surface area (Å²) in [4.78, 5) is 56.8. The minimum atomic E-state index is -0.710. The zero-order valence-electron chi connectivity index (χ0n) is 9.73. The van der Waals surface area contributed by atoms with Crippen LogP contribution in [0.15, 0.2) is 43.7 Å². The Morgan fingerprint density at radius 2 is 1.05 bits per heavy atom. The molecule has 0 atom stereocenters. The maximum absolute atomic E-state index is 10.8. The molecule has 0 aliphatic carbocycles. The lowest BCUT2D eigenvalue weighted by atomic mass is 10.4. The van der Waals surface area contributed by atoms with Crippen LogP contribution in [0.1, 0.15) is 0 Å². The number of rotatable bonds is 0. The molecule has 20 heavy (non-hydrogen) atoms. The van der Waals surface area contributed by atoms with Gasteiger partial charge in [0.15, 0.2) is 0 Å². The summed E-state index contributed by atoms with van der Waals surface area (Å²) in [6, 6.07) is 3.08. The van der Waals surface area contributed by atoms with Crippen molar-refractivity contribution >= 4 is 0 Å². The van der Waals surface area contributed by atoms with E-state index in [1.807, 2.05) is 0 Å². The zero-order valence-corrected chi connectivity index (χ0v) is 9.73. The highest BCUT2D eigenvalue weighted by molar-refractivity contribution is 5.56. The van der Waals surface area contributed by atoms with E-state index in [4.69, 9.17) is 0 Å². The van der Waals surface area contributed by atoms with Gasteiger partial charge in [0.1, 0.15) is 11.4 Å². The summed E-state index contributed by atoms with van der Waals surface area (Å²) in [7, 11) is 0. The first-order chi connectivity index (χ1) is 9.58. The lowest BCUT2D eigenvalue weighted by Crippen LogP contribution is -2.19. The third kappa shape index (κ3) is 1.70. The monoisotopic (exact) mass is 268 g/mol. The summed E-state index contributed by atoms with van der Waals surface area (Å²) in [5.41, 5.74) is -1.45. The first kappa shape index (κ1) is 11.9. The molecular weight excluding hydrogens is 264 g/mol. The van der Waals surface area contributed by atoms with Gasteiger partial charge in [-0.05, 0) is 12.1 Å². The highest BCUT2D eigenvalue weighted by Gasteiger charge is 2.15. The second-order valence-corrected chi connectivity index (χ2v) is 3.85. The molecule has 8 nitrogen and oxygen atoms in total.